The van der Waals surface area contributed by atoms with Gasteiger partial charge in [-0.15, -0.1) is 11.3 Å². The molecule has 43 heavy (non-hydrogen) atoms. The summed E-state index contributed by atoms with van der Waals surface area (Å²) in [6.07, 6.45) is 4.75. The van der Waals surface area contributed by atoms with E-state index in [1.165, 1.54) is 15.6 Å². The van der Waals surface area contributed by atoms with Crippen LogP contribution in [0, 0.1) is 11.3 Å². The fourth-order valence-electron chi connectivity index (χ4n) is 5.76. The Balaban J connectivity index is 1.25. The monoisotopic (exact) mass is 606 g/mol. The number of carbonyl (C=O) groups excluding carboxylic acids is 1. The topological polar surface area (TPSA) is 50.7 Å². The summed E-state index contributed by atoms with van der Waals surface area (Å²) in [7, 11) is 0. The van der Waals surface area contributed by atoms with Crippen LogP contribution in [0.2, 0.25) is 5.02 Å². The molecule has 0 saturated carbocycles. The van der Waals surface area contributed by atoms with Crippen molar-refractivity contribution < 1.29 is 9.53 Å². The number of nitrogens with zero attached hydrogens (tertiary/aromatic N) is 1. The molecule has 0 fully saturated rings. The summed E-state index contributed by atoms with van der Waals surface area (Å²) in [5.41, 5.74) is 4.80. The van der Waals surface area contributed by atoms with E-state index in [1.54, 1.807) is 23.5 Å². The molecule has 4 aromatic carbocycles. The van der Waals surface area contributed by atoms with Crippen molar-refractivity contribution in [1.29, 1.82) is 0 Å². The van der Waals surface area contributed by atoms with E-state index in [0.29, 0.717) is 28.8 Å². The van der Waals surface area contributed by atoms with Gasteiger partial charge in [0.05, 0.1) is 5.56 Å². The lowest BCUT2D eigenvalue weighted by atomic mass is 9.72. The normalized spacial score (nSPS) is 15.0. The number of ether oxygens (including phenoxy) is 1. The number of fused-ring (bicyclic) bond motifs is 2. The van der Waals surface area contributed by atoms with E-state index in [9.17, 15) is 4.79 Å². The lowest BCUT2D eigenvalue weighted by Gasteiger charge is -2.33. The van der Waals surface area contributed by atoms with Crippen LogP contribution >= 0.6 is 22.9 Å². The zero-order valence-corrected chi connectivity index (χ0v) is 26.3. The summed E-state index contributed by atoms with van der Waals surface area (Å²) in [6.45, 7) is 7.39. The molecule has 0 bridgehead atoms. The van der Waals surface area contributed by atoms with E-state index < -0.39 is 0 Å². The molecule has 1 aliphatic carbocycles. The third-order valence-corrected chi connectivity index (χ3v) is 9.68. The third kappa shape index (κ3) is 6.69. The minimum absolute atomic E-state index is 0.131. The fraction of sp³-hybridized carbons (Fsp3) is 0.243. The maximum absolute atomic E-state index is 13.7. The van der Waals surface area contributed by atoms with Crippen molar-refractivity contribution >= 4 is 56.5 Å². The summed E-state index contributed by atoms with van der Waals surface area (Å²) in [4.78, 5) is 19.9. The minimum Gasteiger partial charge on any atom is -0.489 e. The molecule has 6 heteroatoms. The first kappa shape index (κ1) is 29.2. The van der Waals surface area contributed by atoms with Crippen molar-refractivity contribution in [3.63, 3.8) is 0 Å². The number of halogens is 1. The smallest absolute Gasteiger partial charge is 0.259 e. The van der Waals surface area contributed by atoms with Gasteiger partial charge in [0.1, 0.15) is 17.4 Å². The number of hydrogen-bond donors (Lipinski definition) is 1. The minimum atomic E-state index is -0.131. The maximum Gasteiger partial charge on any atom is 0.259 e. The van der Waals surface area contributed by atoms with Gasteiger partial charge >= 0.3 is 0 Å². The number of hydrogen-bond acceptors (Lipinski definition) is 4. The summed E-state index contributed by atoms with van der Waals surface area (Å²) >= 11 is 7.71. The number of benzene rings is 4. The van der Waals surface area contributed by atoms with Crippen LogP contribution in [-0.4, -0.2) is 12.1 Å². The van der Waals surface area contributed by atoms with Crippen LogP contribution in [0.25, 0.3) is 10.8 Å². The Morgan fingerprint density at radius 3 is 2.60 bits per heavy atom. The highest BCUT2D eigenvalue weighted by Gasteiger charge is 2.33. The third-order valence-electron chi connectivity index (χ3n) is 8.26. The lowest BCUT2D eigenvalue weighted by Crippen LogP contribution is -2.27. The molecular weight excluding hydrogens is 572 g/mol. The van der Waals surface area contributed by atoms with Crippen molar-refractivity contribution in [3.8, 4) is 5.75 Å². The van der Waals surface area contributed by atoms with E-state index in [2.05, 4.69) is 68.6 Å². The standard InChI is InChI=1S/C37H35ClN2O2S/c1-37(2,3)27-14-19-32-33(21-27)43-36(34(32)35(41)40-29-17-15-28(38)16-18-29)39-22-24-8-6-12-30(20-24)42-23-26-11-7-10-25-9-4-5-13-31(25)26/h4-13,15-18,20,22,27H,14,19,21,23H2,1-3H3,(H,40,41)/t27-/m1/s1. The predicted octanol–water partition coefficient (Wildman–Crippen LogP) is 10.3. The molecule has 218 valence electrons. The number of nitrogens with one attached hydrogen (secondary N) is 1. The van der Waals surface area contributed by atoms with Crippen LogP contribution in [0.4, 0.5) is 10.7 Å². The Labute approximate surface area is 262 Å². The second kappa shape index (κ2) is 12.4. The van der Waals surface area contributed by atoms with Crippen molar-refractivity contribution in [2.24, 2.45) is 16.3 Å². The average Bonchev–Trinajstić information content (AvgIpc) is 3.38. The van der Waals surface area contributed by atoms with Crippen LogP contribution in [0.1, 0.15) is 59.1 Å². The molecule has 1 amide bonds. The van der Waals surface area contributed by atoms with E-state index in [-0.39, 0.29) is 11.3 Å². The van der Waals surface area contributed by atoms with Gasteiger partial charge in [-0.2, -0.15) is 0 Å². The molecule has 0 radical (unpaired) electrons. The Morgan fingerprint density at radius 1 is 1.02 bits per heavy atom. The van der Waals surface area contributed by atoms with Gasteiger partial charge in [-0.3, -0.25) is 4.79 Å². The molecule has 0 unspecified atom stereocenters. The number of thiophene rings is 1. The molecule has 1 atom stereocenters. The van der Waals surface area contributed by atoms with Crippen LogP contribution < -0.4 is 10.1 Å². The highest BCUT2D eigenvalue weighted by Crippen LogP contribution is 2.45. The molecule has 0 saturated heterocycles. The molecular formula is C37H35ClN2O2S. The van der Waals surface area contributed by atoms with Gasteiger partial charge in [0.2, 0.25) is 0 Å². The first-order chi connectivity index (χ1) is 20.7. The average molecular weight is 607 g/mol. The highest BCUT2D eigenvalue weighted by molar-refractivity contribution is 7.16. The summed E-state index contributed by atoms with van der Waals surface area (Å²) < 4.78 is 6.21. The van der Waals surface area contributed by atoms with E-state index in [1.807, 2.05) is 42.6 Å². The van der Waals surface area contributed by atoms with E-state index >= 15 is 0 Å². The second-order valence-corrected chi connectivity index (χ2v) is 13.7. The number of amides is 1. The first-order valence-electron chi connectivity index (χ1n) is 14.7. The second-order valence-electron chi connectivity index (χ2n) is 12.2. The van der Waals surface area contributed by atoms with E-state index in [0.717, 1.165) is 46.7 Å². The first-order valence-corrected chi connectivity index (χ1v) is 15.9. The fourth-order valence-corrected chi connectivity index (χ4v) is 7.15. The van der Waals surface area contributed by atoms with Crippen molar-refractivity contribution in [1.82, 2.24) is 0 Å². The zero-order valence-electron chi connectivity index (χ0n) is 24.7. The molecule has 1 aromatic heterocycles. The lowest BCUT2D eigenvalue weighted by molar-refractivity contribution is 0.102. The molecule has 1 heterocycles. The van der Waals surface area contributed by atoms with Gasteiger partial charge in [-0.25, -0.2) is 4.99 Å². The molecule has 0 spiro atoms. The maximum atomic E-state index is 13.7. The number of aliphatic imine (C=N–C) groups is 1. The molecule has 1 aliphatic rings. The highest BCUT2D eigenvalue weighted by atomic mass is 35.5. The van der Waals surface area contributed by atoms with Gasteiger partial charge in [0.25, 0.3) is 5.91 Å². The Kier molecular flexibility index (Phi) is 8.38. The van der Waals surface area contributed by atoms with Gasteiger partial charge in [-0.1, -0.05) is 87.0 Å². The molecule has 4 nitrogen and oxygen atoms in total. The molecule has 5 aromatic rings. The molecule has 0 aliphatic heterocycles. The van der Waals surface area contributed by atoms with Crippen LogP contribution in [-0.2, 0) is 19.4 Å². The SMILES string of the molecule is CC(C)(C)[C@@H]1CCc2c(sc(N=Cc3cccc(OCc4cccc5ccccc45)c3)c2C(=O)Nc2ccc(Cl)cc2)C1. The number of carbonyl (C=O) groups is 1. The van der Waals surface area contributed by atoms with Crippen molar-refractivity contribution in [2.75, 3.05) is 5.32 Å². The van der Waals surface area contributed by atoms with Crippen molar-refractivity contribution in [3.05, 3.63) is 123 Å². The molecule has 6 rings (SSSR count). The predicted molar refractivity (Wildman–Crippen MR) is 181 cm³/mol. The van der Waals surface area contributed by atoms with Crippen LogP contribution in [0.3, 0.4) is 0 Å². The van der Waals surface area contributed by atoms with E-state index in [4.69, 9.17) is 21.3 Å². The van der Waals surface area contributed by atoms with Gasteiger partial charge in [0.15, 0.2) is 0 Å². The van der Waals surface area contributed by atoms with Gasteiger partial charge in [0, 0.05) is 21.8 Å². The number of anilines is 1. The van der Waals surface area contributed by atoms with Crippen molar-refractivity contribution in [2.45, 2.75) is 46.6 Å². The summed E-state index contributed by atoms with van der Waals surface area (Å²) in [6, 6.07) is 29.8. The Morgan fingerprint density at radius 2 is 1.79 bits per heavy atom. The number of rotatable bonds is 7. The van der Waals surface area contributed by atoms with Crippen LogP contribution in [0.5, 0.6) is 5.75 Å². The summed E-state index contributed by atoms with van der Waals surface area (Å²) in [5.74, 6) is 1.21. The van der Waals surface area contributed by atoms with Gasteiger partial charge in [-0.05, 0) is 94.5 Å². The summed E-state index contributed by atoms with van der Waals surface area (Å²) in [5, 5.41) is 6.85. The quantitative estimate of drug-likeness (QED) is 0.187. The van der Waals surface area contributed by atoms with Crippen LogP contribution in [0.15, 0.2) is 96.0 Å². The zero-order chi connectivity index (χ0) is 30.0. The molecule has 1 N–H and O–H groups in total. The Bertz CT molecular complexity index is 1790. The van der Waals surface area contributed by atoms with Gasteiger partial charge < -0.3 is 10.1 Å². The Hall–Kier alpha value is -3.93. The largest absolute Gasteiger partial charge is 0.489 e.